The molecule has 1 aromatic heterocycles. The summed E-state index contributed by atoms with van der Waals surface area (Å²) in [5.74, 6) is -1.30. The third-order valence-corrected chi connectivity index (χ3v) is 6.45. The van der Waals surface area contributed by atoms with E-state index in [-0.39, 0.29) is 18.5 Å². The van der Waals surface area contributed by atoms with E-state index in [4.69, 9.17) is 9.47 Å². The maximum Gasteiger partial charge on any atom is 0.325 e. The average molecular weight is 539 g/mol. The lowest BCUT2D eigenvalue weighted by Crippen LogP contribution is -2.49. The number of halogens is 1. The quantitative estimate of drug-likeness (QED) is 0.369. The van der Waals surface area contributed by atoms with Gasteiger partial charge in [0, 0.05) is 11.6 Å². The second kappa shape index (κ2) is 12.9. The fourth-order valence-corrected chi connectivity index (χ4v) is 4.52. The van der Waals surface area contributed by atoms with Gasteiger partial charge in [-0.3, -0.25) is 14.4 Å². The first-order valence-electron chi connectivity index (χ1n) is 12.8. The Bertz CT molecular complexity index is 1270. The summed E-state index contributed by atoms with van der Waals surface area (Å²) in [4.78, 5) is 41.9. The van der Waals surface area contributed by atoms with E-state index in [0.717, 1.165) is 35.4 Å². The van der Waals surface area contributed by atoms with E-state index in [1.54, 1.807) is 38.3 Å². The Balaban J connectivity index is 1.61. The maximum absolute atomic E-state index is 13.7. The van der Waals surface area contributed by atoms with Crippen LogP contribution in [0.25, 0.3) is 11.4 Å². The van der Waals surface area contributed by atoms with Crippen molar-refractivity contribution in [1.29, 1.82) is 0 Å². The number of methoxy groups -OCH3 is 1. The van der Waals surface area contributed by atoms with Crippen LogP contribution in [0.4, 0.5) is 4.39 Å². The molecule has 12 heteroatoms. The SMILES string of the molecule is CCOC(=O)CN(C(=O)Cn1nnc(-c2ccc(OC)cc2)n1)[C@H](C(=O)NC1CCCC1)c1ccc(F)cc1. The van der Waals surface area contributed by atoms with Crippen LogP contribution in [0.2, 0.25) is 0 Å². The molecule has 206 valence electrons. The minimum Gasteiger partial charge on any atom is -0.497 e. The Morgan fingerprint density at radius 3 is 2.44 bits per heavy atom. The molecule has 1 heterocycles. The van der Waals surface area contributed by atoms with E-state index in [1.165, 1.54) is 24.3 Å². The summed E-state index contributed by atoms with van der Waals surface area (Å²) >= 11 is 0. The van der Waals surface area contributed by atoms with Gasteiger partial charge >= 0.3 is 5.97 Å². The Morgan fingerprint density at radius 1 is 1.10 bits per heavy atom. The molecule has 0 radical (unpaired) electrons. The van der Waals surface area contributed by atoms with Gasteiger partial charge in [-0.2, -0.15) is 4.80 Å². The van der Waals surface area contributed by atoms with Gasteiger partial charge in [0.05, 0.1) is 13.7 Å². The molecular formula is C27H31FN6O5. The van der Waals surface area contributed by atoms with Gasteiger partial charge in [-0.05, 0) is 66.9 Å². The molecule has 0 bridgehead atoms. The van der Waals surface area contributed by atoms with Gasteiger partial charge in [0.25, 0.3) is 0 Å². The van der Waals surface area contributed by atoms with E-state index < -0.39 is 42.7 Å². The number of hydrogen-bond donors (Lipinski definition) is 1. The smallest absolute Gasteiger partial charge is 0.325 e. The molecule has 1 fully saturated rings. The van der Waals surface area contributed by atoms with Crippen LogP contribution < -0.4 is 10.1 Å². The largest absolute Gasteiger partial charge is 0.497 e. The normalized spacial score (nSPS) is 14.0. The van der Waals surface area contributed by atoms with Gasteiger partial charge in [-0.25, -0.2) is 4.39 Å². The number of ether oxygens (including phenoxy) is 2. The third kappa shape index (κ3) is 7.15. The maximum atomic E-state index is 13.7. The van der Waals surface area contributed by atoms with Crippen LogP contribution in [0, 0.1) is 5.82 Å². The van der Waals surface area contributed by atoms with Crippen molar-refractivity contribution in [3.8, 4) is 17.1 Å². The van der Waals surface area contributed by atoms with Crippen molar-refractivity contribution in [1.82, 2.24) is 30.4 Å². The van der Waals surface area contributed by atoms with Crippen LogP contribution in [0.15, 0.2) is 48.5 Å². The molecule has 4 rings (SSSR count). The molecule has 11 nitrogen and oxygen atoms in total. The predicted molar refractivity (Wildman–Crippen MR) is 138 cm³/mol. The number of aromatic nitrogens is 4. The summed E-state index contributed by atoms with van der Waals surface area (Å²) in [5.41, 5.74) is 1.02. The lowest BCUT2D eigenvalue weighted by Gasteiger charge is -2.31. The zero-order valence-electron chi connectivity index (χ0n) is 21.9. The summed E-state index contributed by atoms with van der Waals surface area (Å²) in [6.45, 7) is 0.865. The molecule has 0 spiro atoms. The number of benzene rings is 2. The molecule has 0 aliphatic heterocycles. The Kier molecular flexibility index (Phi) is 9.18. The molecule has 1 aliphatic rings. The Labute approximate surface area is 225 Å². The summed E-state index contributed by atoms with van der Waals surface area (Å²) < 4.78 is 24.0. The van der Waals surface area contributed by atoms with Gasteiger partial charge < -0.3 is 19.7 Å². The second-order valence-electron chi connectivity index (χ2n) is 9.14. The zero-order valence-corrected chi connectivity index (χ0v) is 21.9. The molecule has 39 heavy (non-hydrogen) atoms. The number of rotatable bonds is 11. The third-order valence-electron chi connectivity index (χ3n) is 6.45. The molecule has 1 aliphatic carbocycles. The van der Waals surface area contributed by atoms with Gasteiger partial charge in [0.2, 0.25) is 17.6 Å². The van der Waals surface area contributed by atoms with E-state index >= 15 is 0 Å². The van der Waals surface area contributed by atoms with Crippen molar-refractivity contribution >= 4 is 17.8 Å². The molecule has 0 unspecified atom stereocenters. The van der Waals surface area contributed by atoms with E-state index in [9.17, 15) is 18.8 Å². The predicted octanol–water partition coefficient (Wildman–Crippen LogP) is 2.68. The topological polar surface area (TPSA) is 129 Å². The molecule has 3 aromatic rings. The molecular weight excluding hydrogens is 507 g/mol. The highest BCUT2D eigenvalue weighted by Crippen LogP contribution is 2.25. The number of amides is 2. The molecule has 2 amide bonds. The molecule has 1 saturated carbocycles. The summed E-state index contributed by atoms with van der Waals surface area (Å²) in [5, 5.41) is 15.3. The molecule has 0 saturated heterocycles. The van der Waals surface area contributed by atoms with Gasteiger partial charge in [-0.1, -0.05) is 25.0 Å². The molecule has 2 aromatic carbocycles. The number of carbonyl (C=O) groups is 3. The summed E-state index contributed by atoms with van der Waals surface area (Å²) in [6.07, 6.45) is 3.63. The minimum atomic E-state index is -1.20. The number of hydrogen-bond acceptors (Lipinski definition) is 8. The first-order chi connectivity index (χ1) is 18.9. The van der Waals surface area contributed by atoms with Gasteiger partial charge in [0.1, 0.15) is 30.7 Å². The fourth-order valence-electron chi connectivity index (χ4n) is 4.52. The minimum absolute atomic E-state index is 0.0379. The van der Waals surface area contributed by atoms with Crippen molar-refractivity contribution in [2.75, 3.05) is 20.3 Å². The molecule has 1 atom stereocenters. The van der Waals surface area contributed by atoms with E-state index in [1.807, 2.05) is 0 Å². The van der Waals surface area contributed by atoms with Crippen molar-refractivity contribution in [3.63, 3.8) is 0 Å². The highest BCUT2D eigenvalue weighted by atomic mass is 19.1. The van der Waals surface area contributed by atoms with E-state index in [2.05, 4.69) is 20.7 Å². The summed E-state index contributed by atoms with van der Waals surface area (Å²) in [6, 6.07) is 11.0. The lowest BCUT2D eigenvalue weighted by atomic mass is 10.0. The van der Waals surface area contributed by atoms with Crippen LogP contribution in [-0.4, -0.2) is 69.2 Å². The molecule has 1 N–H and O–H groups in total. The number of nitrogens with one attached hydrogen (secondary N) is 1. The van der Waals surface area contributed by atoms with Crippen molar-refractivity contribution in [3.05, 3.63) is 59.9 Å². The number of esters is 1. The lowest BCUT2D eigenvalue weighted by molar-refractivity contribution is -0.153. The fraction of sp³-hybridized carbons (Fsp3) is 0.407. The van der Waals surface area contributed by atoms with Crippen LogP contribution in [0.1, 0.15) is 44.2 Å². The van der Waals surface area contributed by atoms with Crippen molar-refractivity contribution in [2.45, 2.75) is 51.2 Å². The van der Waals surface area contributed by atoms with Crippen LogP contribution >= 0.6 is 0 Å². The van der Waals surface area contributed by atoms with E-state index in [0.29, 0.717) is 16.9 Å². The summed E-state index contributed by atoms with van der Waals surface area (Å²) in [7, 11) is 1.56. The van der Waals surface area contributed by atoms with Crippen LogP contribution in [0.3, 0.4) is 0 Å². The highest BCUT2D eigenvalue weighted by Gasteiger charge is 2.35. The number of tetrazole rings is 1. The number of carbonyl (C=O) groups excluding carboxylic acids is 3. The average Bonchev–Trinajstić information content (AvgIpc) is 3.62. The van der Waals surface area contributed by atoms with Crippen LogP contribution in [-0.2, 0) is 25.7 Å². The standard InChI is InChI=1S/C27H31FN6O5/c1-3-39-24(36)17-33(23(35)16-34-31-26(30-32-34)19-10-14-22(38-2)15-11-19)25(18-8-12-20(28)13-9-18)27(37)29-21-6-4-5-7-21/h8-15,21,25H,3-7,16-17H2,1-2H3,(H,29,37)/t25-/m0/s1. The Hall–Kier alpha value is -4.35. The van der Waals surface area contributed by atoms with Gasteiger partial charge in [-0.15, -0.1) is 10.2 Å². The highest BCUT2D eigenvalue weighted by molar-refractivity contribution is 5.91. The second-order valence-corrected chi connectivity index (χ2v) is 9.14. The van der Waals surface area contributed by atoms with Crippen molar-refractivity contribution < 1.29 is 28.2 Å². The number of nitrogens with zero attached hydrogens (tertiary/aromatic N) is 5. The van der Waals surface area contributed by atoms with Crippen LogP contribution in [0.5, 0.6) is 5.75 Å². The first kappa shape index (κ1) is 27.7. The van der Waals surface area contributed by atoms with Gasteiger partial charge in [0.15, 0.2) is 0 Å². The zero-order chi connectivity index (χ0) is 27.8. The Morgan fingerprint density at radius 2 is 1.79 bits per heavy atom. The van der Waals surface area contributed by atoms with Crippen molar-refractivity contribution in [2.24, 2.45) is 0 Å². The monoisotopic (exact) mass is 538 g/mol. The first-order valence-corrected chi connectivity index (χ1v) is 12.8.